The summed E-state index contributed by atoms with van der Waals surface area (Å²) in [5, 5.41) is 3.68. The Balaban J connectivity index is 1.77. The number of thiophene rings is 1. The molecule has 1 saturated carbocycles. The van der Waals surface area contributed by atoms with E-state index in [0.717, 1.165) is 12.3 Å². The van der Waals surface area contributed by atoms with Crippen molar-refractivity contribution in [1.82, 2.24) is 0 Å². The molecule has 1 aromatic heterocycles. The monoisotopic (exact) mass is 231 g/mol. The zero-order valence-electron chi connectivity index (χ0n) is 9.36. The molecular weight excluding hydrogens is 214 g/mol. The van der Waals surface area contributed by atoms with Crippen molar-refractivity contribution in [3.63, 3.8) is 0 Å². The molecule has 0 saturated heterocycles. The molecule has 2 heteroatoms. The van der Waals surface area contributed by atoms with Crippen molar-refractivity contribution < 1.29 is 0 Å². The van der Waals surface area contributed by atoms with Crippen LogP contribution < -0.4 is 5.73 Å². The lowest BCUT2D eigenvalue weighted by Gasteiger charge is -2.09. The van der Waals surface area contributed by atoms with E-state index in [1.54, 1.807) is 0 Å². The van der Waals surface area contributed by atoms with Crippen LogP contribution in [-0.2, 0) is 6.42 Å². The molecule has 1 unspecified atom stereocenters. The van der Waals surface area contributed by atoms with E-state index >= 15 is 0 Å². The first kappa shape index (κ1) is 10.3. The molecule has 2 N–H and O–H groups in total. The highest BCUT2D eigenvalue weighted by atomic mass is 32.1. The molecule has 0 radical (unpaired) electrons. The Morgan fingerprint density at radius 1 is 1.31 bits per heavy atom. The first-order valence-electron chi connectivity index (χ1n) is 6.03. The molecule has 0 amide bonds. The number of rotatable bonds is 4. The number of benzene rings is 1. The van der Waals surface area contributed by atoms with Crippen LogP contribution in [0.1, 0.15) is 24.8 Å². The summed E-state index contributed by atoms with van der Waals surface area (Å²) in [6.45, 7) is 0. The van der Waals surface area contributed by atoms with Gasteiger partial charge in [-0.2, -0.15) is 0 Å². The smallest absolute Gasteiger partial charge is 0.0345 e. The quantitative estimate of drug-likeness (QED) is 0.855. The number of hydrogen-bond acceptors (Lipinski definition) is 2. The van der Waals surface area contributed by atoms with Gasteiger partial charge in [0.2, 0.25) is 0 Å². The van der Waals surface area contributed by atoms with Crippen molar-refractivity contribution in [3.8, 4) is 0 Å². The average molecular weight is 231 g/mol. The van der Waals surface area contributed by atoms with Crippen molar-refractivity contribution >= 4 is 21.4 Å². The van der Waals surface area contributed by atoms with Gasteiger partial charge < -0.3 is 5.73 Å². The summed E-state index contributed by atoms with van der Waals surface area (Å²) in [5.41, 5.74) is 7.64. The Bertz CT molecular complexity index is 484. The SMILES string of the molecule is NC(Cc1csc2ccccc12)CC1CC1. The zero-order valence-corrected chi connectivity index (χ0v) is 10.2. The van der Waals surface area contributed by atoms with Gasteiger partial charge in [0, 0.05) is 10.7 Å². The van der Waals surface area contributed by atoms with Crippen molar-refractivity contribution in [3.05, 3.63) is 35.2 Å². The third-order valence-electron chi connectivity index (χ3n) is 3.38. The molecule has 0 bridgehead atoms. The van der Waals surface area contributed by atoms with Gasteiger partial charge in [0.05, 0.1) is 0 Å². The van der Waals surface area contributed by atoms with E-state index in [1.807, 2.05) is 11.3 Å². The van der Waals surface area contributed by atoms with Crippen molar-refractivity contribution in [2.45, 2.75) is 31.7 Å². The Morgan fingerprint density at radius 3 is 2.94 bits per heavy atom. The van der Waals surface area contributed by atoms with Gasteiger partial charge in [-0.25, -0.2) is 0 Å². The second-order valence-corrected chi connectivity index (χ2v) is 5.81. The van der Waals surface area contributed by atoms with Crippen molar-refractivity contribution in [1.29, 1.82) is 0 Å². The van der Waals surface area contributed by atoms with E-state index in [-0.39, 0.29) is 0 Å². The van der Waals surface area contributed by atoms with Gasteiger partial charge >= 0.3 is 0 Å². The van der Waals surface area contributed by atoms with E-state index < -0.39 is 0 Å². The summed E-state index contributed by atoms with van der Waals surface area (Å²) >= 11 is 1.83. The van der Waals surface area contributed by atoms with Crippen molar-refractivity contribution in [2.75, 3.05) is 0 Å². The molecule has 0 aliphatic heterocycles. The van der Waals surface area contributed by atoms with E-state index in [0.29, 0.717) is 6.04 Å². The third kappa shape index (κ3) is 2.13. The Morgan fingerprint density at radius 2 is 2.12 bits per heavy atom. The maximum atomic E-state index is 6.20. The summed E-state index contributed by atoms with van der Waals surface area (Å²) in [7, 11) is 0. The topological polar surface area (TPSA) is 26.0 Å². The van der Waals surface area contributed by atoms with E-state index in [1.165, 1.54) is 34.9 Å². The summed E-state index contributed by atoms with van der Waals surface area (Å²) in [6.07, 6.45) is 5.06. The molecule has 1 nitrogen and oxygen atoms in total. The summed E-state index contributed by atoms with van der Waals surface area (Å²) in [5.74, 6) is 0.930. The van der Waals surface area contributed by atoms with Crippen LogP contribution in [0.25, 0.3) is 10.1 Å². The molecule has 0 spiro atoms. The van der Waals surface area contributed by atoms with Crippen LogP contribution in [0.4, 0.5) is 0 Å². The second kappa shape index (κ2) is 4.19. The molecule has 1 fully saturated rings. The number of fused-ring (bicyclic) bond motifs is 1. The van der Waals surface area contributed by atoms with Crippen LogP contribution >= 0.6 is 11.3 Å². The second-order valence-electron chi connectivity index (χ2n) is 4.90. The largest absolute Gasteiger partial charge is 0.327 e. The highest BCUT2D eigenvalue weighted by Gasteiger charge is 2.24. The van der Waals surface area contributed by atoms with Gasteiger partial charge in [-0.15, -0.1) is 11.3 Å². The Hall–Kier alpha value is -0.860. The van der Waals surface area contributed by atoms with E-state index in [4.69, 9.17) is 5.73 Å². The summed E-state index contributed by atoms with van der Waals surface area (Å²) in [4.78, 5) is 0. The highest BCUT2D eigenvalue weighted by molar-refractivity contribution is 7.17. The minimum atomic E-state index is 0.352. The molecule has 2 aromatic rings. The average Bonchev–Trinajstić information content (AvgIpc) is 3.00. The molecule has 1 heterocycles. The Kier molecular flexibility index (Phi) is 2.70. The standard InChI is InChI=1S/C14H17NS/c15-12(7-10-5-6-10)8-11-9-16-14-4-2-1-3-13(11)14/h1-4,9-10,12H,5-8,15H2. The molecule has 1 atom stereocenters. The van der Waals surface area contributed by atoms with E-state index in [9.17, 15) is 0 Å². The van der Waals surface area contributed by atoms with Gasteiger partial charge in [-0.1, -0.05) is 31.0 Å². The van der Waals surface area contributed by atoms with Gasteiger partial charge in [-0.3, -0.25) is 0 Å². The van der Waals surface area contributed by atoms with Crippen LogP contribution in [0, 0.1) is 5.92 Å². The lowest BCUT2D eigenvalue weighted by Crippen LogP contribution is -2.23. The molecular formula is C14H17NS. The van der Waals surface area contributed by atoms with Gasteiger partial charge in [0.15, 0.2) is 0 Å². The molecule has 1 aliphatic carbocycles. The van der Waals surface area contributed by atoms with Crippen LogP contribution in [0.15, 0.2) is 29.6 Å². The highest BCUT2D eigenvalue weighted by Crippen LogP contribution is 2.34. The molecule has 16 heavy (non-hydrogen) atoms. The third-order valence-corrected chi connectivity index (χ3v) is 4.39. The van der Waals surface area contributed by atoms with Crippen molar-refractivity contribution in [2.24, 2.45) is 11.7 Å². The summed E-state index contributed by atoms with van der Waals surface area (Å²) < 4.78 is 1.39. The van der Waals surface area contributed by atoms with Gasteiger partial charge in [0.25, 0.3) is 0 Å². The van der Waals surface area contributed by atoms with Crippen LogP contribution in [0.5, 0.6) is 0 Å². The minimum absolute atomic E-state index is 0.352. The molecule has 1 aromatic carbocycles. The van der Waals surface area contributed by atoms with Crippen LogP contribution in [0.2, 0.25) is 0 Å². The predicted molar refractivity (Wildman–Crippen MR) is 70.8 cm³/mol. The molecule has 84 valence electrons. The predicted octanol–water partition coefficient (Wildman–Crippen LogP) is 3.57. The first-order chi connectivity index (χ1) is 7.83. The maximum absolute atomic E-state index is 6.20. The fourth-order valence-electron chi connectivity index (χ4n) is 2.34. The first-order valence-corrected chi connectivity index (χ1v) is 6.91. The lowest BCUT2D eigenvalue weighted by atomic mass is 10.0. The molecule has 1 aliphatic rings. The summed E-state index contributed by atoms with van der Waals surface area (Å²) in [6, 6.07) is 8.98. The van der Waals surface area contributed by atoms with Crippen LogP contribution in [-0.4, -0.2) is 6.04 Å². The fraction of sp³-hybridized carbons (Fsp3) is 0.429. The van der Waals surface area contributed by atoms with Gasteiger partial charge in [-0.05, 0) is 41.2 Å². The maximum Gasteiger partial charge on any atom is 0.0345 e. The minimum Gasteiger partial charge on any atom is -0.327 e. The number of hydrogen-bond donors (Lipinski definition) is 1. The lowest BCUT2D eigenvalue weighted by molar-refractivity contribution is 0.568. The fourth-order valence-corrected chi connectivity index (χ4v) is 3.31. The van der Waals surface area contributed by atoms with E-state index in [2.05, 4.69) is 29.6 Å². The Labute approximate surface area is 100 Å². The molecule has 3 rings (SSSR count). The van der Waals surface area contributed by atoms with Gasteiger partial charge in [0.1, 0.15) is 0 Å². The van der Waals surface area contributed by atoms with Crippen LogP contribution in [0.3, 0.4) is 0 Å². The normalized spacial score (nSPS) is 17.8. The zero-order chi connectivity index (χ0) is 11.0. The number of nitrogens with two attached hydrogens (primary N) is 1.